The van der Waals surface area contributed by atoms with E-state index in [9.17, 15) is 26.9 Å². The molecule has 122 valence electrons. The molecule has 0 spiro atoms. The number of hydrogen-bond donors (Lipinski definition) is 1. The van der Waals surface area contributed by atoms with Crippen molar-refractivity contribution in [2.24, 2.45) is 0 Å². The molecular formula is C14H14F4O3S. The number of fused-ring (bicyclic) bond motifs is 2. The summed E-state index contributed by atoms with van der Waals surface area (Å²) in [5, 5.41) is 10.3. The van der Waals surface area contributed by atoms with Crippen LogP contribution in [0.15, 0.2) is 18.2 Å². The third-order valence-corrected chi connectivity index (χ3v) is 6.39. The van der Waals surface area contributed by atoms with Crippen LogP contribution in [0.2, 0.25) is 0 Å². The van der Waals surface area contributed by atoms with E-state index in [1.54, 1.807) is 0 Å². The van der Waals surface area contributed by atoms with Gasteiger partial charge in [-0.15, -0.1) is 13.2 Å². The van der Waals surface area contributed by atoms with Crippen LogP contribution in [0, 0.1) is 5.82 Å². The summed E-state index contributed by atoms with van der Waals surface area (Å²) in [6.45, 7) is 0. The summed E-state index contributed by atoms with van der Waals surface area (Å²) in [5.74, 6) is -1.61. The minimum absolute atomic E-state index is 0.0596. The lowest BCUT2D eigenvalue weighted by Crippen LogP contribution is -2.40. The normalized spacial score (nSPS) is 34.7. The number of ether oxygens (including phenoxy) is 1. The zero-order chi connectivity index (χ0) is 16.1. The summed E-state index contributed by atoms with van der Waals surface area (Å²) in [4.78, 5) is 0. The van der Waals surface area contributed by atoms with Crippen LogP contribution in [0.25, 0.3) is 0 Å². The molecule has 2 heterocycles. The molecule has 1 aromatic rings. The predicted molar refractivity (Wildman–Crippen MR) is 71.2 cm³/mol. The van der Waals surface area contributed by atoms with Gasteiger partial charge in [-0.1, -0.05) is 0 Å². The number of aliphatic hydroxyl groups is 1. The van der Waals surface area contributed by atoms with Gasteiger partial charge in [-0.3, -0.25) is 4.21 Å². The molecule has 2 atom stereocenters. The second-order valence-corrected chi connectivity index (χ2v) is 7.77. The fourth-order valence-corrected chi connectivity index (χ4v) is 5.53. The molecule has 2 fully saturated rings. The van der Waals surface area contributed by atoms with Gasteiger partial charge in [0.25, 0.3) is 0 Å². The van der Waals surface area contributed by atoms with Crippen molar-refractivity contribution in [3.8, 4) is 5.75 Å². The van der Waals surface area contributed by atoms with Gasteiger partial charge in [0.05, 0.1) is 5.60 Å². The Kier molecular flexibility index (Phi) is 3.71. The first-order valence-corrected chi connectivity index (χ1v) is 8.13. The first kappa shape index (κ1) is 15.7. The number of benzene rings is 1. The van der Waals surface area contributed by atoms with Gasteiger partial charge in [-0.2, -0.15) is 0 Å². The fourth-order valence-electron chi connectivity index (χ4n) is 3.37. The van der Waals surface area contributed by atoms with Crippen LogP contribution in [-0.2, 0) is 16.4 Å². The molecule has 2 unspecified atom stereocenters. The molecule has 22 heavy (non-hydrogen) atoms. The lowest BCUT2D eigenvalue weighted by molar-refractivity contribution is -0.274. The maximum Gasteiger partial charge on any atom is 0.573 e. The van der Waals surface area contributed by atoms with E-state index >= 15 is 0 Å². The second-order valence-electron chi connectivity index (χ2n) is 5.78. The maximum absolute atomic E-state index is 14.1. The van der Waals surface area contributed by atoms with E-state index in [2.05, 4.69) is 4.74 Å². The Balaban J connectivity index is 1.87. The van der Waals surface area contributed by atoms with Gasteiger partial charge in [0.1, 0.15) is 11.6 Å². The molecule has 0 aliphatic carbocycles. The molecule has 2 saturated heterocycles. The summed E-state index contributed by atoms with van der Waals surface area (Å²) in [5.41, 5.74) is -1.55. The molecule has 2 bridgehead atoms. The van der Waals surface area contributed by atoms with Crippen LogP contribution < -0.4 is 4.74 Å². The van der Waals surface area contributed by atoms with E-state index in [0.717, 1.165) is 25.0 Å². The van der Waals surface area contributed by atoms with E-state index in [4.69, 9.17) is 0 Å². The highest BCUT2D eigenvalue weighted by Gasteiger charge is 2.49. The zero-order valence-corrected chi connectivity index (χ0v) is 12.2. The quantitative estimate of drug-likeness (QED) is 0.844. The van der Waals surface area contributed by atoms with Gasteiger partial charge in [0.2, 0.25) is 0 Å². The van der Waals surface area contributed by atoms with Crippen molar-refractivity contribution in [3.05, 3.63) is 29.6 Å². The molecule has 0 radical (unpaired) electrons. The topological polar surface area (TPSA) is 46.5 Å². The molecule has 3 nitrogen and oxygen atoms in total. The van der Waals surface area contributed by atoms with Crippen molar-refractivity contribution >= 4 is 10.8 Å². The first-order valence-electron chi connectivity index (χ1n) is 6.85. The maximum atomic E-state index is 14.1. The first-order chi connectivity index (χ1) is 10.2. The van der Waals surface area contributed by atoms with Crippen molar-refractivity contribution in [1.82, 2.24) is 0 Å². The van der Waals surface area contributed by atoms with Crippen LogP contribution in [0.1, 0.15) is 31.2 Å². The van der Waals surface area contributed by atoms with Crippen molar-refractivity contribution < 1.29 is 31.6 Å². The third kappa shape index (κ3) is 2.86. The second kappa shape index (κ2) is 5.19. The molecule has 2 aliphatic rings. The van der Waals surface area contributed by atoms with Gasteiger partial charge >= 0.3 is 6.36 Å². The largest absolute Gasteiger partial charge is 0.573 e. The monoisotopic (exact) mass is 338 g/mol. The average Bonchev–Trinajstić information content (AvgIpc) is 2.60. The Bertz CT molecular complexity index is 601. The molecule has 1 N–H and O–H groups in total. The van der Waals surface area contributed by atoms with E-state index in [0.29, 0.717) is 6.07 Å². The van der Waals surface area contributed by atoms with E-state index in [1.165, 1.54) is 0 Å². The Labute approximate surface area is 126 Å². The summed E-state index contributed by atoms with van der Waals surface area (Å²) in [7, 11) is -1.02. The SMILES string of the molecule is O=S1C2CCC1CC(O)(c1ccc(OC(F)(F)F)cc1F)C2. The summed E-state index contributed by atoms with van der Waals surface area (Å²) < 4.78 is 66.2. The van der Waals surface area contributed by atoms with Gasteiger partial charge in [0, 0.05) is 32.9 Å². The number of alkyl halides is 3. The highest BCUT2D eigenvalue weighted by molar-refractivity contribution is 7.86. The standard InChI is InChI=1S/C14H14F4O3S/c15-12-5-8(21-14(16,17)18)1-4-11(12)13(19)6-9-2-3-10(7-13)22(9)20/h1,4-5,9-10,19H,2-3,6-7H2. The Morgan fingerprint density at radius 2 is 1.82 bits per heavy atom. The summed E-state index contributed by atoms with van der Waals surface area (Å²) in [6.07, 6.45) is -3.14. The van der Waals surface area contributed by atoms with Gasteiger partial charge in [0.15, 0.2) is 0 Å². The Hall–Kier alpha value is -1.15. The molecule has 2 aliphatic heterocycles. The lowest BCUT2D eigenvalue weighted by atomic mass is 9.85. The van der Waals surface area contributed by atoms with Crippen molar-refractivity contribution in [2.75, 3.05) is 0 Å². The molecule has 0 amide bonds. The van der Waals surface area contributed by atoms with Crippen LogP contribution in [-0.4, -0.2) is 26.2 Å². The Morgan fingerprint density at radius 1 is 1.23 bits per heavy atom. The molecule has 1 aromatic carbocycles. The highest BCUT2D eigenvalue weighted by atomic mass is 32.2. The molecule has 3 rings (SSSR count). The van der Waals surface area contributed by atoms with Gasteiger partial charge in [-0.25, -0.2) is 4.39 Å². The number of halogens is 4. The van der Waals surface area contributed by atoms with Gasteiger partial charge < -0.3 is 9.84 Å². The minimum atomic E-state index is -4.90. The third-order valence-electron chi connectivity index (χ3n) is 4.27. The fraction of sp³-hybridized carbons (Fsp3) is 0.571. The zero-order valence-electron chi connectivity index (χ0n) is 11.4. The van der Waals surface area contributed by atoms with E-state index in [1.807, 2.05) is 0 Å². The van der Waals surface area contributed by atoms with Crippen molar-refractivity contribution in [2.45, 2.75) is 48.1 Å². The summed E-state index contributed by atoms with van der Waals surface area (Å²) >= 11 is 0. The molecular weight excluding hydrogens is 324 g/mol. The van der Waals surface area contributed by atoms with Crippen LogP contribution in [0.4, 0.5) is 17.6 Å². The average molecular weight is 338 g/mol. The number of hydrogen-bond acceptors (Lipinski definition) is 3. The molecule has 0 saturated carbocycles. The van der Waals surface area contributed by atoms with E-state index in [-0.39, 0.29) is 28.9 Å². The van der Waals surface area contributed by atoms with Crippen LogP contribution in [0.5, 0.6) is 5.75 Å². The van der Waals surface area contributed by atoms with Crippen molar-refractivity contribution in [1.29, 1.82) is 0 Å². The smallest absolute Gasteiger partial charge is 0.406 e. The minimum Gasteiger partial charge on any atom is -0.406 e. The van der Waals surface area contributed by atoms with E-state index < -0.39 is 34.3 Å². The van der Waals surface area contributed by atoms with Crippen molar-refractivity contribution in [3.63, 3.8) is 0 Å². The lowest BCUT2D eigenvalue weighted by Gasteiger charge is -2.36. The number of rotatable bonds is 2. The summed E-state index contributed by atoms with van der Waals surface area (Å²) in [6, 6.07) is 2.72. The van der Waals surface area contributed by atoms with Crippen LogP contribution in [0.3, 0.4) is 0 Å². The highest BCUT2D eigenvalue weighted by Crippen LogP contribution is 2.46. The molecule has 0 aromatic heterocycles. The molecule has 8 heteroatoms. The predicted octanol–water partition coefficient (Wildman–Crippen LogP) is 2.99. The van der Waals surface area contributed by atoms with Crippen LogP contribution >= 0.6 is 0 Å². The van der Waals surface area contributed by atoms with Gasteiger partial charge in [-0.05, 0) is 37.8 Å². The Morgan fingerprint density at radius 3 is 2.32 bits per heavy atom.